The quantitative estimate of drug-likeness (QED) is 0.462. The van der Waals surface area contributed by atoms with Gasteiger partial charge in [0, 0.05) is 18.8 Å². The standard InChI is InChI=1S/C24H21N5O3/c1-17(30)25-21(15-18-8-3-2-4-9-18)23(31)26-20-11-7-10-19(14-20)16-29-24(32)28-13-6-5-12-22(28)27-29/h2-15H,16H2,1H3,(H,25,30)(H,26,31)/b21-15-. The van der Waals surface area contributed by atoms with Crippen molar-refractivity contribution in [1.29, 1.82) is 0 Å². The third-order valence-corrected chi connectivity index (χ3v) is 4.67. The second-order valence-corrected chi connectivity index (χ2v) is 7.17. The van der Waals surface area contributed by atoms with Crippen LogP contribution in [0, 0.1) is 0 Å². The number of pyridine rings is 1. The number of benzene rings is 2. The van der Waals surface area contributed by atoms with Crippen LogP contribution in [0.5, 0.6) is 0 Å². The summed E-state index contributed by atoms with van der Waals surface area (Å²) in [6, 6.07) is 21.7. The molecule has 2 amide bonds. The average Bonchev–Trinajstić information content (AvgIpc) is 3.09. The minimum absolute atomic E-state index is 0.130. The van der Waals surface area contributed by atoms with Crippen molar-refractivity contribution in [3.63, 3.8) is 0 Å². The summed E-state index contributed by atoms with van der Waals surface area (Å²) >= 11 is 0. The summed E-state index contributed by atoms with van der Waals surface area (Å²) in [7, 11) is 0. The zero-order valence-electron chi connectivity index (χ0n) is 17.4. The van der Waals surface area contributed by atoms with Gasteiger partial charge in [-0.05, 0) is 41.5 Å². The van der Waals surface area contributed by atoms with E-state index in [0.29, 0.717) is 11.3 Å². The van der Waals surface area contributed by atoms with Crippen LogP contribution < -0.4 is 16.3 Å². The van der Waals surface area contributed by atoms with Gasteiger partial charge in [-0.3, -0.25) is 14.0 Å². The molecule has 0 atom stereocenters. The fourth-order valence-corrected chi connectivity index (χ4v) is 3.25. The Bertz CT molecular complexity index is 1370. The molecule has 4 aromatic rings. The summed E-state index contributed by atoms with van der Waals surface area (Å²) in [5.41, 5.74) is 2.56. The molecule has 0 aliphatic heterocycles. The predicted molar refractivity (Wildman–Crippen MR) is 122 cm³/mol. The number of carbonyl (C=O) groups excluding carboxylic acids is 2. The van der Waals surface area contributed by atoms with Gasteiger partial charge >= 0.3 is 5.69 Å². The van der Waals surface area contributed by atoms with Gasteiger partial charge in [0.1, 0.15) is 5.70 Å². The number of hydrogen-bond donors (Lipinski definition) is 2. The maximum atomic E-state index is 12.8. The Balaban J connectivity index is 1.55. The van der Waals surface area contributed by atoms with E-state index in [9.17, 15) is 14.4 Å². The van der Waals surface area contributed by atoms with Crippen molar-refractivity contribution in [3.05, 3.63) is 106 Å². The molecule has 0 saturated heterocycles. The lowest BCUT2D eigenvalue weighted by Crippen LogP contribution is -2.29. The van der Waals surface area contributed by atoms with Gasteiger partial charge in [-0.25, -0.2) is 9.48 Å². The van der Waals surface area contributed by atoms with Gasteiger partial charge in [0.15, 0.2) is 5.65 Å². The molecule has 2 aromatic carbocycles. The van der Waals surface area contributed by atoms with Crippen molar-refractivity contribution in [2.75, 3.05) is 5.32 Å². The number of nitrogens with one attached hydrogen (secondary N) is 2. The summed E-state index contributed by atoms with van der Waals surface area (Å²) in [5, 5.41) is 9.71. The molecule has 0 bridgehead atoms. The molecule has 2 heterocycles. The Hall–Kier alpha value is -4.46. The molecule has 32 heavy (non-hydrogen) atoms. The van der Waals surface area contributed by atoms with Crippen molar-refractivity contribution in [2.24, 2.45) is 0 Å². The highest BCUT2D eigenvalue weighted by Gasteiger charge is 2.13. The molecule has 8 heteroatoms. The fraction of sp³-hybridized carbons (Fsp3) is 0.0833. The van der Waals surface area contributed by atoms with E-state index in [1.807, 2.05) is 42.5 Å². The van der Waals surface area contributed by atoms with Gasteiger partial charge in [-0.2, -0.15) is 0 Å². The van der Waals surface area contributed by atoms with Crippen LogP contribution in [0.2, 0.25) is 0 Å². The lowest BCUT2D eigenvalue weighted by molar-refractivity contribution is -0.120. The van der Waals surface area contributed by atoms with E-state index < -0.39 is 5.91 Å². The third-order valence-electron chi connectivity index (χ3n) is 4.67. The fourth-order valence-electron chi connectivity index (χ4n) is 3.25. The Morgan fingerprint density at radius 1 is 1.00 bits per heavy atom. The molecular weight excluding hydrogens is 406 g/mol. The predicted octanol–water partition coefficient (Wildman–Crippen LogP) is 2.66. The van der Waals surface area contributed by atoms with Crippen LogP contribution in [0.3, 0.4) is 0 Å². The largest absolute Gasteiger partial charge is 0.350 e. The van der Waals surface area contributed by atoms with Crippen molar-refractivity contribution < 1.29 is 9.59 Å². The van der Waals surface area contributed by atoms with E-state index in [0.717, 1.165) is 11.1 Å². The van der Waals surface area contributed by atoms with Crippen molar-refractivity contribution >= 4 is 29.2 Å². The Labute approximate surface area is 183 Å². The number of aromatic nitrogens is 3. The topological polar surface area (TPSA) is 97.5 Å². The molecule has 0 aliphatic rings. The molecular formula is C24H21N5O3. The minimum atomic E-state index is -0.453. The number of rotatable bonds is 6. The van der Waals surface area contributed by atoms with Crippen molar-refractivity contribution in [3.8, 4) is 0 Å². The second-order valence-electron chi connectivity index (χ2n) is 7.17. The number of nitrogens with zero attached hydrogens (tertiary/aromatic N) is 3. The van der Waals surface area contributed by atoms with Crippen LogP contribution in [0.25, 0.3) is 11.7 Å². The van der Waals surface area contributed by atoms with Crippen LogP contribution in [0.15, 0.2) is 89.5 Å². The van der Waals surface area contributed by atoms with Gasteiger partial charge in [0.05, 0.1) is 6.54 Å². The molecule has 2 aromatic heterocycles. The molecule has 0 fully saturated rings. The van der Waals surface area contributed by atoms with Crippen LogP contribution in [-0.2, 0) is 16.1 Å². The lowest BCUT2D eigenvalue weighted by Gasteiger charge is -2.11. The van der Waals surface area contributed by atoms with E-state index in [-0.39, 0.29) is 23.8 Å². The highest BCUT2D eigenvalue weighted by Crippen LogP contribution is 2.14. The van der Waals surface area contributed by atoms with E-state index in [2.05, 4.69) is 15.7 Å². The number of carbonyl (C=O) groups is 2. The van der Waals surface area contributed by atoms with Crippen LogP contribution >= 0.6 is 0 Å². The van der Waals surface area contributed by atoms with Gasteiger partial charge in [-0.15, -0.1) is 5.10 Å². The Morgan fingerprint density at radius 2 is 1.78 bits per heavy atom. The zero-order valence-corrected chi connectivity index (χ0v) is 17.4. The van der Waals surface area contributed by atoms with Gasteiger partial charge < -0.3 is 10.6 Å². The maximum absolute atomic E-state index is 12.8. The van der Waals surface area contributed by atoms with E-state index in [1.54, 1.807) is 42.6 Å². The number of anilines is 1. The number of fused-ring (bicyclic) bond motifs is 1. The van der Waals surface area contributed by atoms with Crippen LogP contribution in [0.1, 0.15) is 18.1 Å². The number of amides is 2. The first-order valence-electron chi connectivity index (χ1n) is 9.98. The number of hydrogen-bond acceptors (Lipinski definition) is 4. The molecule has 0 radical (unpaired) electrons. The molecule has 0 unspecified atom stereocenters. The van der Waals surface area contributed by atoms with Crippen LogP contribution in [-0.4, -0.2) is 26.0 Å². The lowest BCUT2D eigenvalue weighted by atomic mass is 10.1. The third kappa shape index (κ3) is 4.81. The van der Waals surface area contributed by atoms with Crippen molar-refractivity contribution in [2.45, 2.75) is 13.5 Å². The first-order chi connectivity index (χ1) is 15.5. The van der Waals surface area contributed by atoms with Crippen molar-refractivity contribution in [1.82, 2.24) is 19.5 Å². The summed E-state index contributed by atoms with van der Waals surface area (Å²) in [4.78, 5) is 36.9. The van der Waals surface area contributed by atoms with Gasteiger partial charge in [0.25, 0.3) is 5.91 Å². The maximum Gasteiger partial charge on any atom is 0.350 e. The highest BCUT2D eigenvalue weighted by molar-refractivity contribution is 6.08. The molecule has 0 saturated carbocycles. The average molecular weight is 427 g/mol. The van der Waals surface area contributed by atoms with Gasteiger partial charge in [0.2, 0.25) is 5.91 Å². The Kier molecular flexibility index (Phi) is 5.94. The smallest absolute Gasteiger partial charge is 0.322 e. The SMILES string of the molecule is CC(=O)N/C(=C\c1ccccc1)C(=O)Nc1cccc(Cn2nc3ccccn3c2=O)c1. The molecule has 0 aliphatic carbocycles. The highest BCUT2D eigenvalue weighted by atomic mass is 16.2. The summed E-state index contributed by atoms with van der Waals surface area (Å²) in [6.45, 7) is 1.60. The molecule has 8 nitrogen and oxygen atoms in total. The summed E-state index contributed by atoms with van der Waals surface area (Å²) < 4.78 is 2.84. The molecule has 0 spiro atoms. The normalized spacial score (nSPS) is 11.3. The second kappa shape index (κ2) is 9.13. The van der Waals surface area contributed by atoms with Gasteiger partial charge in [-0.1, -0.05) is 48.5 Å². The monoisotopic (exact) mass is 427 g/mol. The first kappa shape index (κ1) is 20.8. The summed E-state index contributed by atoms with van der Waals surface area (Å²) in [5.74, 6) is -0.798. The molecule has 160 valence electrons. The van der Waals surface area contributed by atoms with E-state index in [1.165, 1.54) is 16.0 Å². The van der Waals surface area contributed by atoms with E-state index >= 15 is 0 Å². The molecule has 4 rings (SSSR count). The summed E-state index contributed by atoms with van der Waals surface area (Å²) in [6.07, 6.45) is 3.28. The Morgan fingerprint density at radius 3 is 2.53 bits per heavy atom. The molecule has 2 N–H and O–H groups in total. The minimum Gasteiger partial charge on any atom is -0.322 e. The zero-order chi connectivity index (χ0) is 22.5. The first-order valence-corrected chi connectivity index (χ1v) is 9.98. The van der Waals surface area contributed by atoms with Crippen LogP contribution in [0.4, 0.5) is 5.69 Å². The van der Waals surface area contributed by atoms with E-state index in [4.69, 9.17) is 0 Å².